The molecule has 1 aliphatic rings. The van der Waals surface area contributed by atoms with Gasteiger partial charge in [-0.2, -0.15) is 0 Å². The van der Waals surface area contributed by atoms with E-state index >= 15 is 0 Å². The first-order chi connectivity index (χ1) is 9.13. The van der Waals surface area contributed by atoms with Crippen molar-refractivity contribution in [3.05, 3.63) is 23.9 Å². The highest BCUT2D eigenvalue weighted by Crippen LogP contribution is 2.26. The Kier molecular flexibility index (Phi) is 4.60. The van der Waals surface area contributed by atoms with Crippen LogP contribution in [0.4, 0.5) is 0 Å². The largest absolute Gasteiger partial charge is 0.474 e. The fraction of sp³-hybridized carbons (Fsp3) is 0.571. The SMILES string of the molecule is CC1CCC(Oc2cc(CN=C(N)N)ccn2)CC1. The Morgan fingerprint density at radius 1 is 1.37 bits per heavy atom. The number of rotatable bonds is 4. The highest BCUT2D eigenvalue weighted by Gasteiger charge is 2.19. The summed E-state index contributed by atoms with van der Waals surface area (Å²) in [5.41, 5.74) is 11.6. The molecule has 104 valence electrons. The van der Waals surface area contributed by atoms with Gasteiger partial charge in [0, 0.05) is 12.3 Å². The fourth-order valence-corrected chi connectivity index (χ4v) is 2.31. The molecule has 0 aliphatic heterocycles. The topological polar surface area (TPSA) is 86.5 Å². The van der Waals surface area contributed by atoms with E-state index < -0.39 is 0 Å². The smallest absolute Gasteiger partial charge is 0.213 e. The maximum atomic E-state index is 5.93. The number of hydrogen-bond acceptors (Lipinski definition) is 3. The van der Waals surface area contributed by atoms with E-state index in [-0.39, 0.29) is 5.96 Å². The molecule has 0 saturated heterocycles. The minimum Gasteiger partial charge on any atom is -0.474 e. The zero-order valence-corrected chi connectivity index (χ0v) is 11.4. The van der Waals surface area contributed by atoms with Gasteiger partial charge in [-0.1, -0.05) is 6.92 Å². The van der Waals surface area contributed by atoms with Crippen LogP contribution in [0, 0.1) is 5.92 Å². The molecule has 0 unspecified atom stereocenters. The molecular formula is C14H22N4O. The van der Waals surface area contributed by atoms with Gasteiger partial charge < -0.3 is 16.2 Å². The lowest BCUT2D eigenvalue weighted by atomic mass is 9.89. The summed E-state index contributed by atoms with van der Waals surface area (Å²) in [5, 5.41) is 0. The molecule has 1 fully saturated rings. The molecule has 0 amide bonds. The number of aromatic nitrogens is 1. The Morgan fingerprint density at radius 2 is 2.11 bits per heavy atom. The normalized spacial score (nSPS) is 22.8. The monoisotopic (exact) mass is 262 g/mol. The van der Waals surface area contributed by atoms with Gasteiger partial charge in [0.25, 0.3) is 0 Å². The Bertz CT molecular complexity index is 435. The van der Waals surface area contributed by atoms with E-state index in [1.165, 1.54) is 12.8 Å². The Labute approximate surface area is 114 Å². The second-order valence-electron chi connectivity index (χ2n) is 5.24. The van der Waals surface area contributed by atoms with Gasteiger partial charge in [0.2, 0.25) is 5.88 Å². The van der Waals surface area contributed by atoms with Crippen molar-refractivity contribution in [2.45, 2.75) is 45.3 Å². The van der Waals surface area contributed by atoms with Crippen LogP contribution in [0.3, 0.4) is 0 Å². The van der Waals surface area contributed by atoms with E-state index in [0.717, 1.165) is 24.3 Å². The molecule has 0 atom stereocenters. The molecule has 1 saturated carbocycles. The lowest BCUT2D eigenvalue weighted by Gasteiger charge is -2.26. The fourth-order valence-electron chi connectivity index (χ4n) is 2.31. The third-order valence-corrected chi connectivity index (χ3v) is 3.49. The Balaban J connectivity index is 1.93. The van der Waals surface area contributed by atoms with E-state index in [9.17, 15) is 0 Å². The van der Waals surface area contributed by atoms with Gasteiger partial charge in [-0.15, -0.1) is 0 Å². The highest BCUT2D eigenvalue weighted by atomic mass is 16.5. The molecule has 0 bridgehead atoms. The lowest BCUT2D eigenvalue weighted by molar-refractivity contribution is 0.130. The van der Waals surface area contributed by atoms with Crippen LogP contribution < -0.4 is 16.2 Å². The molecule has 5 heteroatoms. The summed E-state index contributed by atoms with van der Waals surface area (Å²) in [4.78, 5) is 8.23. The van der Waals surface area contributed by atoms with E-state index in [4.69, 9.17) is 16.2 Å². The molecule has 4 N–H and O–H groups in total. The molecule has 1 aliphatic carbocycles. The van der Waals surface area contributed by atoms with Crippen molar-refractivity contribution in [2.24, 2.45) is 22.4 Å². The summed E-state index contributed by atoms with van der Waals surface area (Å²) in [6.07, 6.45) is 6.72. The van der Waals surface area contributed by atoms with Crippen LogP contribution in [0.2, 0.25) is 0 Å². The molecule has 0 aromatic carbocycles. The predicted molar refractivity (Wildman–Crippen MR) is 75.8 cm³/mol. The zero-order valence-electron chi connectivity index (χ0n) is 11.4. The number of hydrogen-bond donors (Lipinski definition) is 2. The van der Waals surface area contributed by atoms with Gasteiger partial charge in [0.05, 0.1) is 6.54 Å². The van der Waals surface area contributed by atoms with Gasteiger partial charge in [0.15, 0.2) is 5.96 Å². The van der Waals surface area contributed by atoms with E-state index in [1.54, 1.807) is 6.20 Å². The standard InChI is InChI=1S/C14H22N4O/c1-10-2-4-12(5-3-10)19-13-8-11(6-7-17-13)9-18-14(15)16/h6-8,10,12H,2-5,9H2,1H3,(H4,15,16,18). The third-order valence-electron chi connectivity index (χ3n) is 3.49. The van der Waals surface area contributed by atoms with Gasteiger partial charge in [-0.05, 0) is 43.2 Å². The first-order valence-corrected chi connectivity index (χ1v) is 6.80. The number of ether oxygens (including phenoxy) is 1. The van der Waals surface area contributed by atoms with Crippen molar-refractivity contribution in [3.63, 3.8) is 0 Å². The first kappa shape index (κ1) is 13.6. The molecule has 2 rings (SSSR count). The number of nitrogens with zero attached hydrogens (tertiary/aromatic N) is 2. The van der Waals surface area contributed by atoms with Crippen LogP contribution in [-0.4, -0.2) is 17.0 Å². The minimum atomic E-state index is 0.0977. The van der Waals surface area contributed by atoms with E-state index in [2.05, 4.69) is 16.9 Å². The van der Waals surface area contributed by atoms with Crippen molar-refractivity contribution in [2.75, 3.05) is 0 Å². The zero-order chi connectivity index (χ0) is 13.7. The molecule has 0 spiro atoms. The van der Waals surface area contributed by atoms with Crippen molar-refractivity contribution < 1.29 is 4.74 Å². The summed E-state index contributed by atoms with van der Waals surface area (Å²) in [7, 11) is 0. The minimum absolute atomic E-state index is 0.0977. The van der Waals surface area contributed by atoms with Crippen molar-refractivity contribution >= 4 is 5.96 Å². The highest BCUT2D eigenvalue weighted by molar-refractivity contribution is 5.75. The van der Waals surface area contributed by atoms with Crippen LogP contribution in [0.5, 0.6) is 5.88 Å². The second kappa shape index (κ2) is 6.41. The van der Waals surface area contributed by atoms with Crippen LogP contribution in [0.25, 0.3) is 0 Å². The predicted octanol–water partition coefficient (Wildman–Crippen LogP) is 1.81. The maximum absolute atomic E-state index is 5.93. The maximum Gasteiger partial charge on any atom is 0.213 e. The number of guanidine groups is 1. The summed E-state index contributed by atoms with van der Waals surface area (Å²) in [6, 6.07) is 3.80. The summed E-state index contributed by atoms with van der Waals surface area (Å²) >= 11 is 0. The Hall–Kier alpha value is -1.78. The van der Waals surface area contributed by atoms with E-state index in [0.29, 0.717) is 18.5 Å². The molecule has 1 heterocycles. The van der Waals surface area contributed by atoms with Gasteiger partial charge >= 0.3 is 0 Å². The van der Waals surface area contributed by atoms with Crippen LogP contribution in [0.15, 0.2) is 23.3 Å². The van der Waals surface area contributed by atoms with Crippen molar-refractivity contribution in [3.8, 4) is 5.88 Å². The second-order valence-corrected chi connectivity index (χ2v) is 5.24. The molecule has 19 heavy (non-hydrogen) atoms. The third kappa shape index (κ3) is 4.43. The Morgan fingerprint density at radius 3 is 2.79 bits per heavy atom. The van der Waals surface area contributed by atoms with Crippen molar-refractivity contribution in [1.29, 1.82) is 0 Å². The molecule has 1 aromatic heterocycles. The van der Waals surface area contributed by atoms with Gasteiger partial charge in [0.1, 0.15) is 6.10 Å². The summed E-state index contributed by atoms with van der Waals surface area (Å²) in [5.74, 6) is 1.59. The number of aliphatic imine (C=N–C) groups is 1. The lowest BCUT2D eigenvalue weighted by Crippen LogP contribution is -2.23. The van der Waals surface area contributed by atoms with Crippen molar-refractivity contribution in [1.82, 2.24) is 4.98 Å². The molecule has 0 radical (unpaired) electrons. The average Bonchev–Trinajstić information content (AvgIpc) is 2.40. The summed E-state index contributed by atoms with van der Waals surface area (Å²) < 4.78 is 5.93. The average molecular weight is 262 g/mol. The summed E-state index contributed by atoms with van der Waals surface area (Å²) in [6.45, 7) is 2.76. The molecule has 5 nitrogen and oxygen atoms in total. The van der Waals surface area contributed by atoms with Gasteiger partial charge in [-0.3, -0.25) is 0 Å². The quantitative estimate of drug-likeness (QED) is 0.640. The number of nitrogens with two attached hydrogens (primary N) is 2. The molecule has 1 aromatic rings. The van der Waals surface area contributed by atoms with Crippen LogP contribution in [0.1, 0.15) is 38.2 Å². The molecular weight excluding hydrogens is 240 g/mol. The van der Waals surface area contributed by atoms with Crippen LogP contribution in [-0.2, 0) is 6.54 Å². The number of pyridine rings is 1. The van der Waals surface area contributed by atoms with E-state index in [1.807, 2.05) is 12.1 Å². The first-order valence-electron chi connectivity index (χ1n) is 6.80. The van der Waals surface area contributed by atoms with Gasteiger partial charge in [-0.25, -0.2) is 9.98 Å². The van der Waals surface area contributed by atoms with Crippen LogP contribution >= 0.6 is 0 Å².